The molecular weight excluding hydrogens is 739 g/mol. The minimum Gasteiger partial charge on any atom is -0.455 e. The van der Waals surface area contributed by atoms with Gasteiger partial charge in [-0.3, -0.25) is 0 Å². The molecule has 10 aromatic carbocycles. The zero-order valence-electron chi connectivity index (χ0n) is 33.4. The van der Waals surface area contributed by atoms with Gasteiger partial charge in [-0.15, -0.1) is 0 Å². The number of rotatable bonds is 7. The molecule has 0 radical (unpaired) electrons. The van der Waals surface area contributed by atoms with E-state index in [1.807, 2.05) is 0 Å². The maximum atomic E-state index is 7.02. The molecule has 286 valence electrons. The van der Waals surface area contributed by atoms with Crippen LogP contribution in [0.25, 0.3) is 66.1 Å². The second-order valence-corrected chi connectivity index (χ2v) is 16.0. The molecule has 0 N–H and O–H groups in total. The Morgan fingerprint density at radius 1 is 0.361 bits per heavy atom. The topological polar surface area (TPSA) is 16.4 Å². The highest BCUT2D eigenvalue weighted by Gasteiger charge is 2.46. The highest BCUT2D eigenvalue weighted by Crippen LogP contribution is 2.57. The lowest BCUT2D eigenvalue weighted by Gasteiger charge is -2.35. The quantitative estimate of drug-likeness (QED) is 0.160. The van der Waals surface area contributed by atoms with Crippen LogP contribution in [0.3, 0.4) is 0 Å². The van der Waals surface area contributed by atoms with Crippen LogP contribution in [-0.2, 0) is 5.41 Å². The molecule has 0 bridgehead atoms. The van der Waals surface area contributed by atoms with Crippen molar-refractivity contribution >= 4 is 49.8 Å². The Morgan fingerprint density at radius 2 is 0.885 bits per heavy atom. The van der Waals surface area contributed by atoms with E-state index in [9.17, 15) is 0 Å². The minimum absolute atomic E-state index is 0.541. The molecule has 1 aromatic heterocycles. The number of anilines is 3. The van der Waals surface area contributed by atoms with Crippen molar-refractivity contribution in [1.82, 2.24) is 0 Å². The molecule has 12 rings (SSSR count). The number of hydrogen-bond donors (Lipinski definition) is 0. The van der Waals surface area contributed by atoms with E-state index in [0.29, 0.717) is 0 Å². The SMILES string of the molecule is c1ccc(-c2ccc(N(c3ccc4c(c3)C(c3ccccc3)(c3ccccc3)c3ccccc3-4)c3ccc(-c4ccccc4)c4oc5cc6ccccc6cc5c34)cc2)cc1. The van der Waals surface area contributed by atoms with E-state index in [0.717, 1.165) is 55.5 Å². The largest absolute Gasteiger partial charge is 0.455 e. The summed E-state index contributed by atoms with van der Waals surface area (Å²) in [6, 6.07) is 86.0. The van der Waals surface area contributed by atoms with Gasteiger partial charge in [0, 0.05) is 22.3 Å². The van der Waals surface area contributed by atoms with E-state index in [1.54, 1.807) is 0 Å². The molecule has 0 saturated carbocycles. The van der Waals surface area contributed by atoms with Crippen LogP contribution in [0.5, 0.6) is 0 Å². The number of hydrogen-bond acceptors (Lipinski definition) is 2. The van der Waals surface area contributed by atoms with Crippen LogP contribution in [0.1, 0.15) is 22.3 Å². The van der Waals surface area contributed by atoms with Crippen molar-refractivity contribution in [3.05, 3.63) is 259 Å². The summed E-state index contributed by atoms with van der Waals surface area (Å²) in [5, 5.41) is 4.50. The van der Waals surface area contributed by atoms with Gasteiger partial charge in [0.25, 0.3) is 0 Å². The number of benzene rings is 10. The van der Waals surface area contributed by atoms with Crippen LogP contribution in [0.2, 0.25) is 0 Å². The first-order chi connectivity index (χ1) is 30.3. The van der Waals surface area contributed by atoms with Gasteiger partial charge in [-0.1, -0.05) is 188 Å². The van der Waals surface area contributed by atoms with Crippen LogP contribution >= 0.6 is 0 Å². The molecule has 0 amide bonds. The fourth-order valence-electron chi connectivity index (χ4n) is 10.0. The van der Waals surface area contributed by atoms with Crippen molar-refractivity contribution in [3.8, 4) is 33.4 Å². The van der Waals surface area contributed by atoms with Crippen LogP contribution in [0, 0.1) is 0 Å². The van der Waals surface area contributed by atoms with E-state index >= 15 is 0 Å². The fourth-order valence-corrected chi connectivity index (χ4v) is 10.0. The Labute approximate surface area is 355 Å². The molecule has 0 aliphatic heterocycles. The summed E-state index contributed by atoms with van der Waals surface area (Å²) < 4.78 is 7.02. The molecule has 0 spiro atoms. The second-order valence-electron chi connectivity index (χ2n) is 16.0. The molecule has 0 saturated heterocycles. The average molecular weight is 778 g/mol. The van der Waals surface area contributed by atoms with Gasteiger partial charge in [-0.05, 0) is 109 Å². The lowest BCUT2D eigenvalue weighted by Crippen LogP contribution is -2.28. The molecule has 0 fully saturated rings. The number of fused-ring (bicyclic) bond motifs is 7. The summed E-state index contributed by atoms with van der Waals surface area (Å²) in [4.78, 5) is 2.44. The zero-order chi connectivity index (χ0) is 40.3. The van der Waals surface area contributed by atoms with E-state index in [-0.39, 0.29) is 0 Å². The van der Waals surface area contributed by atoms with Gasteiger partial charge in [0.2, 0.25) is 0 Å². The van der Waals surface area contributed by atoms with Gasteiger partial charge in [0.1, 0.15) is 11.2 Å². The summed E-state index contributed by atoms with van der Waals surface area (Å²) in [6.45, 7) is 0. The standard InChI is InChI=1S/C59H39NO/c1-5-17-40(18-6-1)41-29-31-47(32-30-41)60(55-36-35-49(42-19-7-2-8-20-42)58-57(55)52-37-43-21-13-14-22-44(43)38-56(52)61-58)48-33-34-51-50-27-15-16-28-53(50)59(54(51)39-48,45-23-9-3-10-24-45)46-25-11-4-12-26-46/h1-39H. The third-order valence-electron chi connectivity index (χ3n) is 12.7. The Hall–Kier alpha value is -7.94. The molecule has 1 aliphatic rings. The summed E-state index contributed by atoms with van der Waals surface area (Å²) in [5.74, 6) is 0. The molecule has 0 atom stereocenters. The normalized spacial score (nSPS) is 12.7. The Balaban J connectivity index is 1.17. The third-order valence-corrected chi connectivity index (χ3v) is 12.7. The van der Waals surface area contributed by atoms with Crippen molar-refractivity contribution in [2.75, 3.05) is 4.90 Å². The first kappa shape index (κ1) is 35.0. The zero-order valence-corrected chi connectivity index (χ0v) is 33.4. The first-order valence-electron chi connectivity index (χ1n) is 21.0. The van der Waals surface area contributed by atoms with Gasteiger partial charge >= 0.3 is 0 Å². The Bertz CT molecular complexity index is 3350. The molecular formula is C59H39NO. The van der Waals surface area contributed by atoms with Crippen LogP contribution in [0.15, 0.2) is 241 Å². The third kappa shape index (κ3) is 5.50. The molecule has 2 nitrogen and oxygen atoms in total. The lowest BCUT2D eigenvalue weighted by molar-refractivity contribution is 0.670. The van der Waals surface area contributed by atoms with Gasteiger partial charge in [-0.25, -0.2) is 0 Å². The monoisotopic (exact) mass is 777 g/mol. The van der Waals surface area contributed by atoms with Gasteiger partial charge in [-0.2, -0.15) is 0 Å². The molecule has 1 heterocycles. The van der Waals surface area contributed by atoms with Crippen molar-refractivity contribution in [2.45, 2.75) is 5.41 Å². The number of furan rings is 1. The van der Waals surface area contributed by atoms with Crippen LogP contribution < -0.4 is 4.90 Å². The Morgan fingerprint density at radius 3 is 1.57 bits per heavy atom. The predicted molar refractivity (Wildman–Crippen MR) is 254 cm³/mol. The highest BCUT2D eigenvalue weighted by atomic mass is 16.3. The summed E-state index contributed by atoms with van der Waals surface area (Å²) in [7, 11) is 0. The Kier molecular flexibility index (Phi) is 8.11. The minimum atomic E-state index is -0.541. The molecule has 11 aromatic rings. The van der Waals surface area contributed by atoms with Crippen LogP contribution in [0.4, 0.5) is 17.1 Å². The number of nitrogens with zero attached hydrogens (tertiary/aromatic N) is 1. The van der Waals surface area contributed by atoms with Crippen LogP contribution in [-0.4, -0.2) is 0 Å². The predicted octanol–water partition coefficient (Wildman–Crippen LogP) is 15.9. The van der Waals surface area contributed by atoms with Gasteiger partial charge in [0.05, 0.1) is 16.5 Å². The van der Waals surface area contributed by atoms with E-state index in [4.69, 9.17) is 4.42 Å². The lowest BCUT2D eigenvalue weighted by atomic mass is 9.67. The molecule has 1 aliphatic carbocycles. The fraction of sp³-hybridized carbons (Fsp3) is 0.0169. The first-order valence-corrected chi connectivity index (χ1v) is 21.0. The van der Waals surface area contributed by atoms with Crippen molar-refractivity contribution in [2.24, 2.45) is 0 Å². The molecule has 61 heavy (non-hydrogen) atoms. The average Bonchev–Trinajstić information content (AvgIpc) is 3.86. The summed E-state index contributed by atoms with van der Waals surface area (Å²) >= 11 is 0. The van der Waals surface area contributed by atoms with Gasteiger partial charge in [0.15, 0.2) is 0 Å². The van der Waals surface area contributed by atoms with E-state index in [1.165, 1.54) is 49.9 Å². The maximum Gasteiger partial charge on any atom is 0.145 e. The summed E-state index contributed by atoms with van der Waals surface area (Å²) in [6.07, 6.45) is 0. The second kappa shape index (κ2) is 14.1. The molecule has 2 heteroatoms. The van der Waals surface area contributed by atoms with Crippen molar-refractivity contribution in [1.29, 1.82) is 0 Å². The smallest absolute Gasteiger partial charge is 0.145 e. The maximum absolute atomic E-state index is 7.02. The molecule has 0 unspecified atom stereocenters. The van der Waals surface area contributed by atoms with Crippen molar-refractivity contribution in [3.63, 3.8) is 0 Å². The highest BCUT2D eigenvalue weighted by molar-refractivity contribution is 6.19. The van der Waals surface area contributed by atoms with E-state index < -0.39 is 5.41 Å². The van der Waals surface area contributed by atoms with Crippen molar-refractivity contribution < 1.29 is 4.42 Å². The van der Waals surface area contributed by atoms with Gasteiger partial charge < -0.3 is 9.32 Å². The van der Waals surface area contributed by atoms with E-state index in [2.05, 4.69) is 241 Å². The summed E-state index contributed by atoms with van der Waals surface area (Å²) in [5.41, 5.74) is 16.5.